The van der Waals surface area contributed by atoms with Crippen LogP contribution < -0.4 is 10.1 Å². The van der Waals surface area contributed by atoms with E-state index in [9.17, 15) is 4.79 Å². The minimum Gasteiger partial charge on any atom is -0.493 e. The van der Waals surface area contributed by atoms with Crippen LogP contribution in [-0.2, 0) is 17.9 Å². The molecule has 5 nitrogen and oxygen atoms in total. The van der Waals surface area contributed by atoms with E-state index in [0.717, 1.165) is 29.8 Å². The second-order valence-corrected chi connectivity index (χ2v) is 6.03. The highest BCUT2D eigenvalue weighted by atomic mass is 16.5. The van der Waals surface area contributed by atoms with Crippen molar-refractivity contribution in [2.45, 2.75) is 19.6 Å². The molecule has 0 heterocycles. The van der Waals surface area contributed by atoms with Gasteiger partial charge in [0.15, 0.2) is 0 Å². The molecular weight excluding hydrogens is 316 g/mol. The standard InChI is InChI=1S/C20H26N2O3/c1-22(2)13-8-14-24-19-12-7-6-11-18(19)15-21-20(23)25-16-17-9-4-3-5-10-17/h3-7,9-12H,8,13-16H2,1-2H3,(H,21,23). The van der Waals surface area contributed by atoms with E-state index in [0.29, 0.717) is 13.2 Å². The molecule has 25 heavy (non-hydrogen) atoms. The van der Waals surface area contributed by atoms with Crippen molar-refractivity contribution in [1.82, 2.24) is 10.2 Å². The van der Waals surface area contributed by atoms with Crippen molar-refractivity contribution in [2.24, 2.45) is 0 Å². The number of nitrogens with zero attached hydrogens (tertiary/aromatic N) is 1. The molecule has 0 saturated heterocycles. The maximum absolute atomic E-state index is 11.9. The smallest absolute Gasteiger partial charge is 0.407 e. The van der Waals surface area contributed by atoms with Gasteiger partial charge in [0.05, 0.1) is 6.61 Å². The van der Waals surface area contributed by atoms with Crippen LogP contribution in [0.3, 0.4) is 0 Å². The SMILES string of the molecule is CN(C)CCCOc1ccccc1CNC(=O)OCc1ccccc1. The van der Waals surface area contributed by atoms with Crippen LogP contribution in [0, 0.1) is 0 Å². The maximum atomic E-state index is 11.9. The molecule has 2 rings (SSSR count). The Balaban J connectivity index is 1.76. The molecule has 0 radical (unpaired) electrons. The van der Waals surface area contributed by atoms with E-state index in [1.165, 1.54) is 0 Å². The van der Waals surface area contributed by atoms with E-state index >= 15 is 0 Å². The fraction of sp³-hybridized carbons (Fsp3) is 0.350. The van der Waals surface area contributed by atoms with Crippen LogP contribution in [0.15, 0.2) is 54.6 Å². The third-order valence-corrected chi connectivity index (χ3v) is 3.62. The molecule has 1 amide bonds. The van der Waals surface area contributed by atoms with E-state index in [1.54, 1.807) is 0 Å². The normalized spacial score (nSPS) is 10.5. The molecule has 0 aliphatic carbocycles. The molecule has 0 spiro atoms. The predicted octanol–water partition coefficient (Wildman–Crippen LogP) is 3.44. The third-order valence-electron chi connectivity index (χ3n) is 3.62. The summed E-state index contributed by atoms with van der Waals surface area (Å²) in [5.41, 5.74) is 1.89. The number of carbonyl (C=O) groups is 1. The van der Waals surface area contributed by atoms with Crippen molar-refractivity contribution in [3.63, 3.8) is 0 Å². The van der Waals surface area contributed by atoms with E-state index < -0.39 is 6.09 Å². The molecule has 0 unspecified atom stereocenters. The van der Waals surface area contributed by atoms with Gasteiger partial charge < -0.3 is 19.7 Å². The summed E-state index contributed by atoms with van der Waals surface area (Å²) in [5.74, 6) is 0.796. The Labute approximate surface area is 149 Å². The molecule has 134 valence electrons. The van der Waals surface area contributed by atoms with Crippen molar-refractivity contribution in [1.29, 1.82) is 0 Å². The first-order valence-electron chi connectivity index (χ1n) is 8.45. The van der Waals surface area contributed by atoms with Gasteiger partial charge in [0.25, 0.3) is 0 Å². The third kappa shape index (κ3) is 7.27. The first-order chi connectivity index (χ1) is 12.1. The molecule has 0 bridgehead atoms. The summed E-state index contributed by atoms with van der Waals surface area (Å²) < 4.78 is 11.0. The summed E-state index contributed by atoms with van der Waals surface area (Å²) in [5, 5.41) is 2.77. The maximum Gasteiger partial charge on any atom is 0.407 e. The monoisotopic (exact) mass is 342 g/mol. The highest BCUT2D eigenvalue weighted by Crippen LogP contribution is 2.18. The topological polar surface area (TPSA) is 50.8 Å². The lowest BCUT2D eigenvalue weighted by atomic mass is 10.2. The van der Waals surface area contributed by atoms with E-state index in [2.05, 4.69) is 10.2 Å². The predicted molar refractivity (Wildman–Crippen MR) is 98.6 cm³/mol. The van der Waals surface area contributed by atoms with Crippen LogP contribution in [0.25, 0.3) is 0 Å². The van der Waals surface area contributed by atoms with Crippen molar-refractivity contribution in [2.75, 3.05) is 27.2 Å². The zero-order valence-corrected chi connectivity index (χ0v) is 14.9. The fourth-order valence-corrected chi connectivity index (χ4v) is 2.30. The quantitative estimate of drug-likeness (QED) is 0.709. The number of rotatable bonds is 9. The first kappa shape index (κ1) is 18.8. The summed E-state index contributed by atoms with van der Waals surface area (Å²) in [7, 11) is 4.08. The molecule has 5 heteroatoms. The minimum absolute atomic E-state index is 0.259. The number of alkyl carbamates (subject to hydrolysis) is 1. The molecule has 1 N–H and O–H groups in total. The average molecular weight is 342 g/mol. The van der Waals surface area contributed by atoms with E-state index in [4.69, 9.17) is 9.47 Å². The van der Waals surface area contributed by atoms with Crippen molar-refractivity contribution in [3.8, 4) is 5.75 Å². The van der Waals surface area contributed by atoms with Crippen LogP contribution in [0.2, 0.25) is 0 Å². The van der Waals surface area contributed by atoms with Gasteiger partial charge in [-0.1, -0.05) is 48.5 Å². The van der Waals surface area contributed by atoms with Gasteiger partial charge >= 0.3 is 6.09 Å². The fourth-order valence-electron chi connectivity index (χ4n) is 2.30. The Kier molecular flexibility index (Phi) is 7.79. The molecule has 0 aliphatic heterocycles. The van der Waals surface area contributed by atoms with Crippen LogP contribution in [-0.4, -0.2) is 38.2 Å². The second kappa shape index (κ2) is 10.4. The number of para-hydroxylation sites is 1. The van der Waals surface area contributed by atoms with Gasteiger partial charge in [-0.3, -0.25) is 0 Å². The lowest BCUT2D eigenvalue weighted by Gasteiger charge is -2.14. The molecule has 0 aromatic heterocycles. The number of carbonyl (C=O) groups excluding carboxylic acids is 1. The van der Waals surface area contributed by atoms with Gasteiger partial charge in [-0.05, 0) is 32.1 Å². The van der Waals surface area contributed by atoms with Crippen molar-refractivity contribution < 1.29 is 14.3 Å². The van der Waals surface area contributed by atoms with Gasteiger partial charge in [0.2, 0.25) is 0 Å². The summed E-state index contributed by atoms with van der Waals surface area (Å²) in [6.45, 7) is 2.26. The lowest BCUT2D eigenvalue weighted by Crippen LogP contribution is -2.24. The Morgan fingerprint density at radius 1 is 1.04 bits per heavy atom. The summed E-state index contributed by atoms with van der Waals surface area (Å²) in [6.07, 6.45) is 0.514. The molecular formula is C20H26N2O3. The zero-order valence-electron chi connectivity index (χ0n) is 14.9. The number of ether oxygens (including phenoxy) is 2. The highest BCUT2D eigenvalue weighted by Gasteiger charge is 2.07. The van der Waals surface area contributed by atoms with Gasteiger partial charge in [0, 0.05) is 18.7 Å². The largest absolute Gasteiger partial charge is 0.493 e. The summed E-state index contributed by atoms with van der Waals surface area (Å²) in [6, 6.07) is 17.3. The minimum atomic E-state index is -0.439. The van der Waals surface area contributed by atoms with Crippen LogP contribution in [0.1, 0.15) is 17.5 Å². The Hall–Kier alpha value is -2.53. The van der Waals surface area contributed by atoms with Crippen LogP contribution >= 0.6 is 0 Å². The number of nitrogens with one attached hydrogen (secondary N) is 1. The van der Waals surface area contributed by atoms with Crippen molar-refractivity contribution >= 4 is 6.09 Å². The van der Waals surface area contributed by atoms with Crippen molar-refractivity contribution in [3.05, 3.63) is 65.7 Å². The number of hydrogen-bond donors (Lipinski definition) is 1. The van der Waals surface area contributed by atoms with Gasteiger partial charge in [-0.15, -0.1) is 0 Å². The average Bonchev–Trinajstić information content (AvgIpc) is 2.63. The Morgan fingerprint density at radius 2 is 1.76 bits per heavy atom. The molecule has 0 saturated carbocycles. The number of hydrogen-bond acceptors (Lipinski definition) is 4. The number of benzene rings is 2. The van der Waals surface area contributed by atoms with Crippen LogP contribution in [0.4, 0.5) is 4.79 Å². The Bertz CT molecular complexity index is 644. The van der Waals surface area contributed by atoms with Crippen LogP contribution in [0.5, 0.6) is 5.75 Å². The zero-order chi connectivity index (χ0) is 17.9. The molecule has 2 aromatic carbocycles. The van der Waals surface area contributed by atoms with Gasteiger partial charge in [-0.25, -0.2) is 4.79 Å². The lowest BCUT2D eigenvalue weighted by molar-refractivity contribution is 0.139. The molecule has 0 atom stereocenters. The van der Waals surface area contributed by atoms with E-state index in [-0.39, 0.29) is 6.61 Å². The van der Waals surface area contributed by atoms with E-state index in [1.807, 2.05) is 68.7 Å². The van der Waals surface area contributed by atoms with Gasteiger partial charge in [-0.2, -0.15) is 0 Å². The summed E-state index contributed by atoms with van der Waals surface area (Å²) in [4.78, 5) is 14.0. The second-order valence-electron chi connectivity index (χ2n) is 6.03. The highest BCUT2D eigenvalue weighted by molar-refractivity contribution is 5.67. The molecule has 2 aromatic rings. The first-order valence-corrected chi connectivity index (χ1v) is 8.45. The molecule has 0 aliphatic rings. The van der Waals surface area contributed by atoms with Gasteiger partial charge in [0.1, 0.15) is 12.4 Å². The summed E-state index contributed by atoms with van der Waals surface area (Å²) >= 11 is 0. The molecule has 0 fully saturated rings. The number of amides is 1. The Morgan fingerprint density at radius 3 is 2.52 bits per heavy atom.